The lowest BCUT2D eigenvalue weighted by Gasteiger charge is -2.09. The molecule has 0 unspecified atom stereocenters. The van der Waals surface area contributed by atoms with Gasteiger partial charge in [0.05, 0.1) is 5.69 Å². The van der Waals surface area contributed by atoms with Crippen molar-refractivity contribution in [2.75, 3.05) is 5.73 Å². The topological polar surface area (TPSA) is 78.3 Å². The molecule has 0 atom stereocenters. The maximum absolute atomic E-state index is 11.1. The van der Waals surface area contributed by atoms with Crippen LogP contribution < -0.4 is 16.2 Å². The zero-order valence-electron chi connectivity index (χ0n) is 10.0. The fraction of sp³-hybridized carbons (Fsp3) is 0.0714. The summed E-state index contributed by atoms with van der Waals surface area (Å²) in [5, 5.41) is 0. The zero-order valence-corrected chi connectivity index (χ0v) is 10.0. The molecule has 18 heavy (non-hydrogen) atoms. The second-order valence-electron chi connectivity index (χ2n) is 4.04. The Morgan fingerprint density at radius 2 is 1.94 bits per heavy atom. The van der Waals surface area contributed by atoms with Crippen LogP contribution in [0.3, 0.4) is 0 Å². The Bertz CT molecular complexity index is 594. The van der Waals surface area contributed by atoms with Crippen molar-refractivity contribution in [2.45, 2.75) is 6.92 Å². The van der Waals surface area contributed by atoms with E-state index in [9.17, 15) is 4.79 Å². The molecule has 0 aliphatic heterocycles. The first-order chi connectivity index (χ1) is 8.56. The molecule has 0 fully saturated rings. The molecule has 0 saturated heterocycles. The molecule has 0 saturated carbocycles. The first kappa shape index (κ1) is 12.0. The van der Waals surface area contributed by atoms with Crippen molar-refractivity contribution in [2.24, 2.45) is 5.73 Å². The van der Waals surface area contributed by atoms with Crippen LogP contribution in [0, 0.1) is 6.92 Å². The van der Waals surface area contributed by atoms with Crippen LogP contribution in [-0.2, 0) is 0 Å². The summed E-state index contributed by atoms with van der Waals surface area (Å²) in [4.78, 5) is 11.1. The number of ether oxygens (including phenoxy) is 1. The number of benzene rings is 2. The molecule has 2 aromatic carbocycles. The Morgan fingerprint density at radius 3 is 2.61 bits per heavy atom. The SMILES string of the molecule is Cc1cccc(Oc2cc(C(N)=O)ccc2N)c1. The van der Waals surface area contributed by atoms with E-state index in [-0.39, 0.29) is 0 Å². The van der Waals surface area contributed by atoms with Crippen LogP contribution in [0.15, 0.2) is 42.5 Å². The third-order valence-electron chi connectivity index (χ3n) is 2.52. The largest absolute Gasteiger partial charge is 0.455 e. The Hall–Kier alpha value is -2.49. The highest BCUT2D eigenvalue weighted by molar-refractivity contribution is 5.93. The van der Waals surface area contributed by atoms with E-state index in [0.29, 0.717) is 22.7 Å². The normalized spacial score (nSPS) is 10.1. The second kappa shape index (κ2) is 4.79. The van der Waals surface area contributed by atoms with E-state index < -0.39 is 5.91 Å². The lowest BCUT2D eigenvalue weighted by atomic mass is 10.2. The fourth-order valence-corrected chi connectivity index (χ4v) is 1.58. The maximum Gasteiger partial charge on any atom is 0.248 e. The minimum atomic E-state index is -0.510. The number of anilines is 1. The van der Waals surface area contributed by atoms with E-state index in [0.717, 1.165) is 5.56 Å². The van der Waals surface area contributed by atoms with E-state index in [1.165, 1.54) is 0 Å². The summed E-state index contributed by atoms with van der Waals surface area (Å²) >= 11 is 0. The molecule has 0 aliphatic rings. The van der Waals surface area contributed by atoms with Gasteiger partial charge in [0.25, 0.3) is 0 Å². The summed E-state index contributed by atoms with van der Waals surface area (Å²) in [5.41, 5.74) is 12.9. The van der Waals surface area contributed by atoms with Gasteiger partial charge in [-0.25, -0.2) is 0 Å². The smallest absolute Gasteiger partial charge is 0.248 e. The van der Waals surface area contributed by atoms with Crippen LogP contribution in [0.4, 0.5) is 5.69 Å². The predicted molar refractivity (Wildman–Crippen MR) is 70.6 cm³/mol. The molecule has 0 heterocycles. The van der Waals surface area contributed by atoms with Gasteiger partial charge in [-0.05, 0) is 42.8 Å². The van der Waals surface area contributed by atoms with Gasteiger partial charge in [0.2, 0.25) is 5.91 Å². The van der Waals surface area contributed by atoms with Gasteiger partial charge in [-0.2, -0.15) is 0 Å². The van der Waals surface area contributed by atoms with E-state index in [1.54, 1.807) is 18.2 Å². The molecule has 0 radical (unpaired) electrons. The second-order valence-corrected chi connectivity index (χ2v) is 4.04. The molecule has 0 aliphatic carbocycles. The minimum Gasteiger partial charge on any atom is -0.455 e. The monoisotopic (exact) mass is 242 g/mol. The van der Waals surface area contributed by atoms with Crippen LogP contribution in [0.1, 0.15) is 15.9 Å². The van der Waals surface area contributed by atoms with E-state index in [1.807, 2.05) is 31.2 Å². The number of hydrogen-bond donors (Lipinski definition) is 2. The standard InChI is InChI=1S/C14H14N2O2/c1-9-3-2-4-11(7-9)18-13-8-10(14(16)17)5-6-12(13)15/h2-8H,15H2,1H3,(H2,16,17). The number of primary amides is 1. The van der Waals surface area contributed by atoms with Gasteiger partial charge in [-0.3, -0.25) is 4.79 Å². The molecular weight excluding hydrogens is 228 g/mol. The van der Waals surface area contributed by atoms with Gasteiger partial charge in [0, 0.05) is 5.56 Å². The third kappa shape index (κ3) is 2.60. The average molecular weight is 242 g/mol. The zero-order chi connectivity index (χ0) is 13.1. The van der Waals surface area contributed by atoms with Gasteiger partial charge >= 0.3 is 0 Å². The molecule has 4 N–H and O–H groups in total. The quantitative estimate of drug-likeness (QED) is 0.811. The number of nitrogens with two attached hydrogens (primary N) is 2. The van der Waals surface area contributed by atoms with Crippen LogP contribution in [0.5, 0.6) is 11.5 Å². The molecule has 4 heteroatoms. The molecule has 0 spiro atoms. The first-order valence-electron chi connectivity index (χ1n) is 5.50. The summed E-state index contributed by atoms with van der Waals surface area (Å²) in [7, 11) is 0. The Labute approximate surface area is 105 Å². The number of nitrogen functional groups attached to an aromatic ring is 1. The van der Waals surface area contributed by atoms with Crippen LogP contribution in [0.2, 0.25) is 0 Å². The highest BCUT2D eigenvalue weighted by Gasteiger charge is 2.07. The van der Waals surface area contributed by atoms with Gasteiger partial charge in [-0.1, -0.05) is 12.1 Å². The van der Waals surface area contributed by atoms with Crippen molar-refractivity contribution in [3.8, 4) is 11.5 Å². The molecule has 2 aromatic rings. The molecule has 1 amide bonds. The Morgan fingerprint density at radius 1 is 1.17 bits per heavy atom. The van der Waals surface area contributed by atoms with Crippen LogP contribution >= 0.6 is 0 Å². The first-order valence-corrected chi connectivity index (χ1v) is 5.50. The highest BCUT2D eigenvalue weighted by Crippen LogP contribution is 2.28. The van der Waals surface area contributed by atoms with Gasteiger partial charge in [-0.15, -0.1) is 0 Å². The van der Waals surface area contributed by atoms with Crippen molar-refractivity contribution in [1.29, 1.82) is 0 Å². The van der Waals surface area contributed by atoms with Crippen molar-refractivity contribution in [3.05, 3.63) is 53.6 Å². The molecular formula is C14H14N2O2. The number of carbonyl (C=O) groups excluding carboxylic acids is 1. The van der Waals surface area contributed by atoms with E-state index in [2.05, 4.69) is 0 Å². The summed E-state index contributed by atoms with van der Waals surface area (Å²) in [5.74, 6) is 0.587. The van der Waals surface area contributed by atoms with Crippen LogP contribution in [-0.4, -0.2) is 5.91 Å². The third-order valence-corrected chi connectivity index (χ3v) is 2.52. The Kier molecular flexibility index (Phi) is 3.19. The average Bonchev–Trinajstić information content (AvgIpc) is 2.31. The highest BCUT2D eigenvalue weighted by atomic mass is 16.5. The van der Waals surface area contributed by atoms with E-state index >= 15 is 0 Å². The molecule has 2 rings (SSSR count). The van der Waals surface area contributed by atoms with Gasteiger partial charge in [0.1, 0.15) is 5.75 Å². The molecule has 92 valence electrons. The lowest BCUT2D eigenvalue weighted by molar-refractivity contribution is 0.1000. The van der Waals surface area contributed by atoms with Gasteiger partial charge < -0.3 is 16.2 Å². The lowest BCUT2D eigenvalue weighted by Crippen LogP contribution is -2.11. The summed E-state index contributed by atoms with van der Waals surface area (Å²) in [6.45, 7) is 1.97. The summed E-state index contributed by atoms with van der Waals surface area (Å²) in [6.07, 6.45) is 0. The minimum absolute atomic E-state index is 0.367. The fourth-order valence-electron chi connectivity index (χ4n) is 1.58. The molecule has 0 bridgehead atoms. The number of amides is 1. The summed E-state index contributed by atoms with van der Waals surface area (Å²) in [6, 6.07) is 12.3. The van der Waals surface area contributed by atoms with Crippen molar-refractivity contribution in [1.82, 2.24) is 0 Å². The number of hydrogen-bond acceptors (Lipinski definition) is 3. The Balaban J connectivity index is 2.33. The van der Waals surface area contributed by atoms with Crippen molar-refractivity contribution >= 4 is 11.6 Å². The number of rotatable bonds is 3. The number of aryl methyl sites for hydroxylation is 1. The maximum atomic E-state index is 11.1. The predicted octanol–water partition coefficient (Wildman–Crippen LogP) is 2.47. The van der Waals surface area contributed by atoms with Crippen LogP contribution in [0.25, 0.3) is 0 Å². The summed E-state index contributed by atoms with van der Waals surface area (Å²) < 4.78 is 5.65. The molecule has 4 nitrogen and oxygen atoms in total. The van der Waals surface area contributed by atoms with Gasteiger partial charge in [0.15, 0.2) is 5.75 Å². The number of carbonyl (C=O) groups is 1. The molecule has 0 aromatic heterocycles. The van der Waals surface area contributed by atoms with Crippen molar-refractivity contribution < 1.29 is 9.53 Å². The van der Waals surface area contributed by atoms with E-state index in [4.69, 9.17) is 16.2 Å². The van der Waals surface area contributed by atoms with Crippen molar-refractivity contribution in [3.63, 3.8) is 0 Å².